The zero-order valence-electron chi connectivity index (χ0n) is 17.4. The number of anilines is 2. The first-order chi connectivity index (χ1) is 14.9. The van der Waals surface area contributed by atoms with Crippen molar-refractivity contribution >= 4 is 46.3 Å². The van der Waals surface area contributed by atoms with E-state index in [2.05, 4.69) is 25.4 Å². The van der Waals surface area contributed by atoms with Crippen molar-refractivity contribution < 1.29 is 0 Å². The van der Waals surface area contributed by atoms with Gasteiger partial charge in [0.25, 0.3) is 0 Å². The molecule has 0 radical (unpaired) electrons. The highest BCUT2D eigenvalue weighted by atomic mass is 32.1. The summed E-state index contributed by atoms with van der Waals surface area (Å²) >= 11 is 4.76. The van der Waals surface area contributed by atoms with Crippen molar-refractivity contribution in [3.63, 3.8) is 0 Å². The van der Waals surface area contributed by atoms with Gasteiger partial charge in [0.2, 0.25) is 5.95 Å². The van der Waals surface area contributed by atoms with Crippen LogP contribution < -0.4 is 26.6 Å². The number of para-hydroxylation sites is 2. The second kappa shape index (κ2) is 8.72. The Balaban J connectivity index is 1.51. The molecule has 0 unspecified atom stereocenters. The molecule has 0 spiro atoms. The number of rotatable bonds is 5. The van der Waals surface area contributed by atoms with Crippen LogP contribution >= 0.6 is 12.2 Å². The molecule has 4 rings (SSSR count). The number of thiocarbonyl (C=S) groups is 1. The molecule has 0 aliphatic carbocycles. The van der Waals surface area contributed by atoms with Crippen molar-refractivity contribution in [2.24, 2.45) is 10.8 Å². The largest absolute Gasteiger partial charge is 0.375 e. The lowest BCUT2D eigenvalue weighted by Gasteiger charge is -2.33. The van der Waals surface area contributed by atoms with Crippen LogP contribution in [0, 0.1) is 0 Å². The first-order valence-corrected chi connectivity index (χ1v) is 10.4. The number of nitrogens with zero attached hydrogens (tertiary/aromatic N) is 6. The zero-order valence-corrected chi connectivity index (χ0v) is 18.3. The first kappa shape index (κ1) is 20.8. The highest BCUT2D eigenvalue weighted by Crippen LogP contribution is 2.27. The Bertz CT molecular complexity index is 1170. The fourth-order valence-electron chi connectivity index (χ4n) is 3.90. The van der Waals surface area contributed by atoms with Crippen LogP contribution in [-0.4, -0.2) is 58.0 Å². The summed E-state index contributed by atoms with van der Waals surface area (Å²) in [5.41, 5.74) is 10.4. The number of nitrogens with two attached hydrogens (primary N) is 1. The number of H-pyrrole nitrogens is 1. The molecule has 1 aliphatic rings. The number of benzene rings is 1. The molecule has 11 heteroatoms. The number of aromatic nitrogens is 4. The molecular formula is C20H25N9OS. The van der Waals surface area contributed by atoms with Crippen LogP contribution in [0.2, 0.25) is 0 Å². The Kier molecular flexibility index (Phi) is 5.85. The standard InChI is InChI=1S/C20H25N9OS/c1-27(2)17-13(12-23-26-18(21)31)11-22-19(25-17)28-9-7-14(8-10-28)29-16-6-4-3-5-15(16)24-20(29)30/h3-6,11-12,14H,7-10H2,1-2H3,(H,24,30)(H3,21,26,31). The lowest BCUT2D eigenvalue weighted by molar-refractivity contribution is 0.394. The molecule has 1 fully saturated rings. The van der Waals surface area contributed by atoms with Gasteiger partial charge in [-0.1, -0.05) is 12.1 Å². The van der Waals surface area contributed by atoms with Gasteiger partial charge < -0.3 is 20.5 Å². The number of hydrogen-bond acceptors (Lipinski definition) is 7. The Morgan fingerprint density at radius 2 is 2.10 bits per heavy atom. The topological polar surface area (TPSA) is 120 Å². The van der Waals surface area contributed by atoms with Crippen molar-refractivity contribution in [3.8, 4) is 0 Å². The zero-order chi connectivity index (χ0) is 22.0. The van der Waals surface area contributed by atoms with E-state index in [0.717, 1.165) is 48.3 Å². The SMILES string of the molecule is CN(C)c1nc(N2CCC(n3c(=O)[nH]c4ccccc43)CC2)ncc1C=NNC(N)=S. The maximum atomic E-state index is 12.5. The summed E-state index contributed by atoms with van der Waals surface area (Å²) in [5, 5.41) is 4.10. The molecular weight excluding hydrogens is 414 g/mol. The van der Waals surface area contributed by atoms with E-state index >= 15 is 0 Å². The quantitative estimate of drug-likeness (QED) is 0.308. The average Bonchev–Trinajstić information content (AvgIpc) is 3.09. The molecule has 4 N–H and O–H groups in total. The van der Waals surface area contributed by atoms with Crippen LogP contribution in [0.3, 0.4) is 0 Å². The van der Waals surface area contributed by atoms with E-state index in [1.54, 1.807) is 12.4 Å². The monoisotopic (exact) mass is 439 g/mol. The van der Waals surface area contributed by atoms with E-state index in [9.17, 15) is 4.79 Å². The third-order valence-electron chi connectivity index (χ3n) is 5.32. The number of fused-ring (bicyclic) bond motifs is 1. The molecule has 0 saturated carbocycles. The minimum Gasteiger partial charge on any atom is -0.375 e. The number of hydrogen-bond donors (Lipinski definition) is 3. The van der Waals surface area contributed by atoms with Gasteiger partial charge in [0.05, 0.1) is 22.8 Å². The van der Waals surface area contributed by atoms with Crippen molar-refractivity contribution in [2.75, 3.05) is 37.0 Å². The molecule has 0 atom stereocenters. The van der Waals surface area contributed by atoms with E-state index in [4.69, 9.17) is 22.9 Å². The average molecular weight is 440 g/mol. The van der Waals surface area contributed by atoms with Crippen LogP contribution in [0.1, 0.15) is 24.4 Å². The van der Waals surface area contributed by atoms with Gasteiger partial charge in [0.1, 0.15) is 5.82 Å². The Morgan fingerprint density at radius 3 is 2.81 bits per heavy atom. The van der Waals surface area contributed by atoms with E-state index in [1.165, 1.54) is 0 Å². The van der Waals surface area contributed by atoms with Gasteiger partial charge in [0, 0.05) is 39.4 Å². The normalized spacial score (nSPS) is 15.0. The van der Waals surface area contributed by atoms with Crippen LogP contribution in [0.15, 0.2) is 40.4 Å². The number of hydrazone groups is 1. The number of nitrogens with one attached hydrogen (secondary N) is 2. The summed E-state index contributed by atoms with van der Waals surface area (Å²) in [5.74, 6) is 1.40. The highest BCUT2D eigenvalue weighted by molar-refractivity contribution is 7.80. The smallest absolute Gasteiger partial charge is 0.326 e. The minimum atomic E-state index is -0.0556. The van der Waals surface area contributed by atoms with Crippen molar-refractivity contribution in [1.29, 1.82) is 0 Å². The molecule has 0 amide bonds. The molecule has 31 heavy (non-hydrogen) atoms. The maximum Gasteiger partial charge on any atom is 0.326 e. The van der Waals surface area contributed by atoms with E-state index in [-0.39, 0.29) is 16.8 Å². The summed E-state index contributed by atoms with van der Waals surface area (Å²) in [4.78, 5) is 28.8. The van der Waals surface area contributed by atoms with E-state index in [0.29, 0.717) is 5.95 Å². The predicted molar refractivity (Wildman–Crippen MR) is 127 cm³/mol. The summed E-state index contributed by atoms with van der Waals surface area (Å²) in [6, 6.07) is 7.95. The first-order valence-electron chi connectivity index (χ1n) is 10.0. The van der Waals surface area contributed by atoms with Crippen LogP contribution in [0.4, 0.5) is 11.8 Å². The molecule has 1 aromatic carbocycles. The van der Waals surface area contributed by atoms with Gasteiger partial charge in [-0.2, -0.15) is 10.1 Å². The second-order valence-electron chi connectivity index (χ2n) is 7.61. The molecule has 162 valence electrons. The lowest BCUT2D eigenvalue weighted by atomic mass is 10.0. The second-order valence-corrected chi connectivity index (χ2v) is 8.05. The van der Waals surface area contributed by atoms with Gasteiger partial charge in [-0.15, -0.1) is 0 Å². The van der Waals surface area contributed by atoms with Crippen LogP contribution in [-0.2, 0) is 0 Å². The Morgan fingerprint density at radius 1 is 1.35 bits per heavy atom. The number of aromatic amines is 1. The van der Waals surface area contributed by atoms with Gasteiger partial charge in [-0.25, -0.2) is 9.78 Å². The molecule has 1 aliphatic heterocycles. The third kappa shape index (κ3) is 4.36. The Hall–Kier alpha value is -3.47. The summed E-state index contributed by atoms with van der Waals surface area (Å²) < 4.78 is 1.88. The van der Waals surface area contributed by atoms with E-state index in [1.807, 2.05) is 47.8 Å². The molecule has 3 heterocycles. The van der Waals surface area contributed by atoms with Crippen molar-refractivity contribution in [2.45, 2.75) is 18.9 Å². The van der Waals surface area contributed by atoms with Gasteiger partial charge in [-0.05, 0) is 37.2 Å². The third-order valence-corrected chi connectivity index (χ3v) is 5.41. The molecule has 0 bridgehead atoms. The predicted octanol–water partition coefficient (Wildman–Crippen LogP) is 1.19. The molecule has 2 aromatic heterocycles. The van der Waals surface area contributed by atoms with Gasteiger partial charge in [-0.3, -0.25) is 9.99 Å². The maximum absolute atomic E-state index is 12.5. The van der Waals surface area contributed by atoms with Crippen molar-refractivity contribution in [3.05, 3.63) is 46.5 Å². The Labute approximate surface area is 184 Å². The molecule has 10 nitrogen and oxygen atoms in total. The van der Waals surface area contributed by atoms with Crippen LogP contribution in [0.25, 0.3) is 11.0 Å². The van der Waals surface area contributed by atoms with Gasteiger partial charge in [0.15, 0.2) is 5.11 Å². The molecule has 1 saturated heterocycles. The van der Waals surface area contributed by atoms with Crippen molar-refractivity contribution in [1.82, 2.24) is 24.9 Å². The fourth-order valence-corrected chi connectivity index (χ4v) is 3.95. The van der Waals surface area contributed by atoms with E-state index < -0.39 is 0 Å². The molecule has 3 aromatic rings. The fraction of sp³-hybridized carbons (Fsp3) is 0.350. The minimum absolute atomic E-state index is 0.0556. The highest BCUT2D eigenvalue weighted by Gasteiger charge is 2.25. The lowest BCUT2D eigenvalue weighted by Crippen LogP contribution is -2.38. The van der Waals surface area contributed by atoms with Crippen LogP contribution in [0.5, 0.6) is 0 Å². The summed E-state index contributed by atoms with van der Waals surface area (Å²) in [7, 11) is 3.83. The number of imidazole rings is 1. The summed E-state index contributed by atoms with van der Waals surface area (Å²) in [6.45, 7) is 1.53. The van der Waals surface area contributed by atoms with Gasteiger partial charge >= 0.3 is 5.69 Å². The number of piperidine rings is 1. The summed E-state index contributed by atoms with van der Waals surface area (Å²) in [6.07, 6.45) is 5.00.